The number of benzene rings is 2. The topological polar surface area (TPSA) is 146 Å². The van der Waals surface area contributed by atoms with E-state index in [1.54, 1.807) is 20.8 Å². The predicted molar refractivity (Wildman–Crippen MR) is 160 cm³/mol. The number of nitrogens with zero attached hydrogens (tertiary/aromatic N) is 4. The van der Waals surface area contributed by atoms with E-state index >= 15 is 0 Å². The van der Waals surface area contributed by atoms with Gasteiger partial charge in [0.2, 0.25) is 5.28 Å². The minimum Gasteiger partial charge on any atom is -0.493 e. The first kappa shape index (κ1) is 33.6. The Bertz CT molecular complexity index is 1610. The number of ether oxygens (including phenoxy) is 2. The maximum absolute atomic E-state index is 14.3. The third kappa shape index (κ3) is 11.0. The van der Waals surface area contributed by atoms with Crippen LogP contribution in [0.2, 0.25) is 5.28 Å². The van der Waals surface area contributed by atoms with E-state index in [9.17, 15) is 27.9 Å². The molecule has 2 aromatic carbocycles. The monoisotopic (exact) mass is 639 g/mol. The molecule has 1 unspecified atom stereocenters. The molecule has 3 rings (SSSR count). The fraction of sp³-hybridized carbons (Fsp3) is 0.393. The molecule has 0 spiro atoms. The van der Waals surface area contributed by atoms with Gasteiger partial charge in [-0.2, -0.15) is 0 Å². The largest absolute Gasteiger partial charge is 0.493 e. The Balaban J connectivity index is 1.53. The highest BCUT2D eigenvalue weighted by molar-refractivity contribution is 7.92. The second-order valence-electron chi connectivity index (χ2n) is 10.6. The fourth-order valence-electron chi connectivity index (χ4n) is 3.87. The average Bonchev–Trinajstić information content (AvgIpc) is 2.88. The second-order valence-corrected chi connectivity index (χ2v) is 13.4. The van der Waals surface area contributed by atoms with Crippen LogP contribution in [-0.4, -0.2) is 50.2 Å². The summed E-state index contributed by atoms with van der Waals surface area (Å²) in [6, 6.07) is 8.08. The third-order valence-electron chi connectivity index (χ3n) is 5.62. The molecule has 1 atom stereocenters. The molecule has 0 saturated heterocycles. The van der Waals surface area contributed by atoms with Gasteiger partial charge in [-0.15, -0.1) is 4.36 Å². The van der Waals surface area contributed by atoms with Gasteiger partial charge in [0, 0.05) is 24.4 Å². The molecule has 1 aromatic heterocycles. The number of hydrogen-bond acceptors (Lipinski definition) is 9. The summed E-state index contributed by atoms with van der Waals surface area (Å²) in [6.07, 6.45) is 3.16. The number of nitro groups is 1. The SMILES string of the molecule is CC(C)(C)OC(=O)N=S(C)(=O)Cc1cc(OCCCCCNc2cc(-c3nc(Cl)ncc3F)ccc2F)cc([N+](=O)[O-])c1. The zero-order valence-electron chi connectivity index (χ0n) is 24.1. The summed E-state index contributed by atoms with van der Waals surface area (Å²) in [4.78, 5) is 30.3. The zero-order valence-corrected chi connectivity index (χ0v) is 25.6. The third-order valence-corrected chi connectivity index (χ3v) is 7.20. The van der Waals surface area contributed by atoms with Crippen molar-refractivity contribution in [2.45, 2.75) is 51.4 Å². The molecule has 0 bridgehead atoms. The van der Waals surface area contributed by atoms with Crippen molar-refractivity contribution in [3.8, 4) is 17.0 Å². The molecule has 15 heteroatoms. The summed E-state index contributed by atoms with van der Waals surface area (Å²) in [5.74, 6) is -1.20. The van der Waals surface area contributed by atoms with E-state index in [1.165, 1.54) is 42.7 Å². The number of hydrogen-bond donors (Lipinski definition) is 1. The molecule has 232 valence electrons. The van der Waals surface area contributed by atoms with Crippen LogP contribution in [0.4, 0.5) is 25.0 Å². The molecule has 0 aliphatic carbocycles. The number of nitrogens with one attached hydrogen (secondary N) is 1. The van der Waals surface area contributed by atoms with E-state index in [1.807, 2.05) is 0 Å². The Morgan fingerprint density at radius 3 is 2.58 bits per heavy atom. The molecule has 11 nitrogen and oxygen atoms in total. The normalized spacial score (nSPS) is 12.7. The Kier molecular flexibility index (Phi) is 11.3. The number of non-ortho nitro benzene ring substituents is 1. The molecule has 1 N–H and O–H groups in total. The summed E-state index contributed by atoms with van der Waals surface area (Å²) in [6.45, 7) is 5.61. The summed E-state index contributed by atoms with van der Waals surface area (Å²) < 4.78 is 55.8. The van der Waals surface area contributed by atoms with E-state index in [0.29, 0.717) is 36.9 Å². The quantitative estimate of drug-likeness (QED) is 0.0942. The lowest BCUT2D eigenvalue weighted by atomic mass is 10.1. The van der Waals surface area contributed by atoms with E-state index in [4.69, 9.17) is 21.1 Å². The van der Waals surface area contributed by atoms with Crippen LogP contribution in [-0.2, 0) is 20.2 Å². The molecule has 0 aliphatic rings. The predicted octanol–water partition coefficient (Wildman–Crippen LogP) is 7.18. The van der Waals surface area contributed by atoms with Crippen molar-refractivity contribution in [1.82, 2.24) is 9.97 Å². The van der Waals surface area contributed by atoms with Crippen molar-refractivity contribution < 1.29 is 32.2 Å². The van der Waals surface area contributed by atoms with E-state index in [2.05, 4.69) is 19.6 Å². The zero-order chi connectivity index (χ0) is 31.8. The van der Waals surface area contributed by atoms with Crippen molar-refractivity contribution in [2.75, 3.05) is 24.7 Å². The van der Waals surface area contributed by atoms with E-state index in [-0.39, 0.29) is 40.5 Å². The van der Waals surface area contributed by atoms with Gasteiger partial charge < -0.3 is 14.8 Å². The lowest BCUT2D eigenvalue weighted by Crippen LogP contribution is -2.22. The van der Waals surface area contributed by atoms with Gasteiger partial charge in [-0.1, -0.05) is 0 Å². The van der Waals surface area contributed by atoms with Gasteiger partial charge in [0.1, 0.15) is 22.9 Å². The maximum atomic E-state index is 14.3. The van der Waals surface area contributed by atoms with Gasteiger partial charge in [-0.05, 0) is 81.5 Å². The van der Waals surface area contributed by atoms with Crippen molar-refractivity contribution >= 4 is 38.8 Å². The van der Waals surface area contributed by atoms with Gasteiger partial charge in [-0.3, -0.25) is 10.1 Å². The van der Waals surface area contributed by atoms with Crippen molar-refractivity contribution in [1.29, 1.82) is 0 Å². The highest BCUT2D eigenvalue weighted by Crippen LogP contribution is 2.27. The lowest BCUT2D eigenvalue weighted by Gasteiger charge is -2.17. The van der Waals surface area contributed by atoms with E-state index in [0.717, 1.165) is 6.20 Å². The van der Waals surface area contributed by atoms with Gasteiger partial charge in [-0.25, -0.2) is 27.8 Å². The number of anilines is 1. The van der Waals surface area contributed by atoms with Crippen molar-refractivity contribution in [3.63, 3.8) is 0 Å². The Morgan fingerprint density at radius 2 is 1.88 bits per heavy atom. The molecular weight excluding hydrogens is 608 g/mol. The first-order valence-corrected chi connectivity index (χ1v) is 15.6. The number of unbranched alkanes of at least 4 members (excludes halogenated alkanes) is 2. The second kappa shape index (κ2) is 14.5. The van der Waals surface area contributed by atoms with Gasteiger partial charge in [0.15, 0.2) is 5.82 Å². The van der Waals surface area contributed by atoms with Gasteiger partial charge in [0.05, 0.1) is 45.0 Å². The van der Waals surface area contributed by atoms with Crippen LogP contribution in [0.25, 0.3) is 11.3 Å². The minimum absolute atomic E-state index is 0.0387. The minimum atomic E-state index is -3.09. The molecule has 3 aromatic rings. The fourth-order valence-corrected chi connectivity index (χ4v) is 5.20. The Labute approximate surface area is 253 Å². The van der Waals surface area contributed by atoms with Crippen LogP contribution in [0, 0.1) is 21.7 Å². The number of aromatic nitrogens is 2. The molecule has 1 amide bonds. The standard InChI is InChI=1S/C28H32ClF2N5O6S/c1-28(2,3)42-27(37)35-43(4,40)17-18-12-20(36(38)39)15-21(13-18)41-11-7-5-6-10-32-24-14-19(8-9-22(24)30)25-23(31)16-33-26(29)34-25/h8-9,12-16,32H,5-7,10-11,17H2,1-4H3. The molecule has 43 heavy (non-hydrogen) atoms. The van der Waals surface area contributed by atoms with Crippen LogP contribution in [0.15, 0.2) is 47.0 Å². The highest BCUT2D eigenvalue weighted by atomic mass is 35.5. The van der Waals surface area contributed by atoms with Crippen molar-refractivity contribution in [3.05, 3.63) is 75.2 Å². The molecule has 0 fully saturated rings. The Hall–Kier alpha value is -3.91. The van der Waals surface area contributed by atoms with Crippen LogP contribution >= 0.6 is 11.6 Å². The molecular formula is C28H32ClF2N5O6S. The number of halogens is 3. The summed E-state index contributed by atoms with van der Waals surface area (Å²) in [7, 11) is -3.09. The number of carbonyl (C=O) groups excluding carboxylic acids is 1. The highest BCUT2D eigenvalue weighted by Gasteiger charge is 2.19. The Morgan fingerprint density at radius 1 is 1.14 bits per heavy atom. The molecule has 0 radical (unpaired) electrons. The summed E-state index contributed by atoms with van der Waals surface area (Å²) in [5.41, 5.74) is -0.262. The maximum Gasteiger partial charge on any atom is 0.442 e. The first-order chi connectivity index (χ1) is 20.1. The summed E-state index contributed by atoms with van der Waals surface area (Å²) >= 11 is 5.76. The smallest absolute Gasteiger partial charge is 0.442 e. The first-order valence-electron chi connectivity index (χ1n) is 13.2. The molecule has 0 aliphatic heterocycles. The number of rotatable bonds is 12. The lowest BCUT2D eigenvalue weighted by molar-refractivity contribution is -0.385. The van der Waals surface area contributed by atoms with Crippen LogP contribution < -0.4 is 10.1 Å². The van der Waals surface area contributed by atoms with Crippen molar-refractivity contribution in [2.24, 2.45) is 4.36 Å². The van der Waals surface area contributed by atoms with Gasteiger partial charge >= 0.3 is 6.09 Å². The van der Waals surface area contributed by atoms with Crippen LogP contribution in [0.3, 0.4) is 0 Å². The number of nitro benzene ring substituents is 1. The van der Waals surface area contributed by atoms with Crippen LogP contribution in [0.5, 0.6) is 5.75 Å². The van der Waals surface area contributed by atoms with Crippen LogP contribution in [0.1, 0.15) is 45.6 Å². The average molecular weight is 640 g/mol. The number of carbonyl (C=O) groups is 1. The summed E-state index contributed by atoms with van der Waals surface area (Å²) in [5, 5.41) is 14.3. The molecule has 0 saturated carbocycles. The number of amides is 1. The van der Waals surface area contributed by atoms with E-state index < -0.39 is 38.0 Å². The van der Waals surface area contributed by atoms with Gasteiger partial charge in [0.25, 0.3) is 5.69 Å². The molecule has 1 heterocycles.